The van der Waals surface area contributed by atoms with Crippen molar-refractivity contribution in [3.05, 3.63) is 58.2 Å². The SMILES string of the molecule is C/C=C\CCCC.CO.O=CNCC(=O)OCCO[N+](=O)[O-].c1ccc(CCCCCC2CCCCC2)cc1. The first-order valence-corrected chi connectivity index (χ1v) is 14.2. The third kappa shape index (κ3) is 29.5. The van der Waals surface area contributed by atoms with Gasteiger partial charge in [0.15, 0.2) is 0 Å². The van der Waals surface area contributed by atoms with E-state index < -0.39 is 11.1 Å². The zero-order valence-electron chi connectivity index (χ0n) is 24.4. The number of aliphatic hydroxyl groups is 1. The van der Waals surface area contributed by atoms with Gasteiger partial charge in [-0.1, -0.05) is 114 Å². The number of rotatable bonds is 16. The molecule has 9 heteroatoms. The first kappa shape index (κ1) is 38.2. The van der Waals surface area contributed by atoms with Crippen molar-refractivity contribution >= 4 is 12.4 Å². The molecule has 0 radical (unpaired) electrons. The largest absolute Gasteiger partial charge is 0.462 e. The third-order valence-corrected chi connectivity index (χ3v) is 5.98. The van der Waals surface area contributed by atoms with Gasteiger partial charge in [-0.2, -0.15) is 0 Å². The summed E-state index contributed by atoms with van der Waals surface area (Å²) >= 11 is 0. The van der Waals surface area contributed by atoms with Gasteiger partial charge in [-0.25, -0.2) is 0 Å². The van der Waals surface area contributed by atoms with E-state index in [0.717, 1.165) is 13.0 Å². The molecule has 0 unspecified atom stereocenters. The standard InChI is InChI=1S/C17H26.C7H14.C5H8N2O6.CH4O/c1-4-10-16(11-5-1)14-8-3-9-15-17-12-6-2-7-13-17;1-3-5-7-6-4-2;8-4-6-3-5(9)12-1-2-13-7(10)11;1-2/h1,4-5,10-11,17H,2-3,6-9,12-15H2;3,5H,4,6-7H2,1-2H3;4H,1-3H2,(H,6,8);2H,1H3/b;5-3-;;. The number of aryl methyl sites for hydroxylation is 1. The van der Waals surface area contributed by atoms with Crippen molar-refractivity contribution in [2.45, 2.75) is 97.3 Å². The highest BCUT2D eigenvalue weighted by molar-refractivity contribution is 5.73. The summed E-state index contributed by atoms with van der Waals surface area (Å²) in [6.45, 7) is 3.47. The van der Waals surface area contributed by atoms with Crippen LogP contribution in [0.1, 0.15) is 96.5 Å². The monoisotopic (exact) mass is 552 g/mol. The number of nitrogens with one attached hydrogen (secondary N) is 1. The van der Waals surface area contributed by atoms with Crippen molar-refractivity contribution in [1.82, 2.24) is 5.32 Å². The number of hydrogen-bond acceptors (Lipinski definition) is 7. The molecule has 0 spiro atoms. The van der Waals surface area contributed by atoms with Crippen molar-refractivity contribution < 1.29 is 29.4 Å². The Kier molecular flexibility index (Phi) is 30.6. The quantitative estimate of drug-likeness (QED) is 0.0622. The van der Waals surface area contributed by atoms with Gasteiger partial charge in [0.1, 0.15) is 19.8 Å². The Balaban J connectivity index is 0. The Morgan fingerprint density at radius 3 is 2.36 bits per heavy atom. The number of nitrogens with zero attached hydrogens (tertiary/aromatic N) is 1. The number of hydrogen-bond donors (Lipinski definition) is 2. The fourth-order valence-electron chi connectivity index (χ4n) is 3.99. The van der Waals surface area contributed by atoms with Crippen molar-refractivity contribution in [1.29, 1.82) is 0 Å². The molecule has 1 aliphatic rings. The number of allylic oxidation sites excluding steroid dienone is 2. The Hall–Kier alpha value is -2.94. The minimum atomic E-state index is -0.989. The summed E-state index contributed by atoms with van der Waals surface area (Å²) in [4.78, 5) is 33.7. The number of benzene rings is 1. The Bertz CT molecular complexity index is 709. The smallest absolute Gasteiger partial charge is 0.325 e. The second kappa shape index (κ2) is 31.3. The van der Waals surface area contributed by atoms with E-state index in [1.165, 1.54) is 89.0 Å². The Morgan fingerprint density at radius 1 is 1.08 bits per heavy atom. The highest BCUT2D eigenvalue weighted by atomic mass is 17.0. The lowest BCUT2D eigenvalue weighted by molar-refractivity contribution is -0.757. The van der Waals surface area contributed by atoms with E-state index in [2.05, 4.69) is 71.2 Å². The zero-order chi connectivity index (χ0) is 29.4. The predicted molar refractivity (Wildman–Crippen MR) is 156 cm³/mol. The van der Waals surface area contributed by atoms with E-state index in [-0.39, 0.29) is 19.8 Å². The second-order valence-corrected chi connectivity index (χ2v) is 9.08. The van der Waals surface area contributed by atoms with Crippen molar-refractivity contribution in [2.24, 2.45) is 5.92 Å². The van der Waals surface area contributed by atoms with Crippen LogP contribution in [0.4, 0.5) is 0 Å². The Labute approximate surface area is 235 Å². The molecule has 0 saturated heterocycles. The van der Waals surface area contributed by atoms with Gasteiger partial charge < -0.3 is 20.0 Å². The highest BCUT2D eigenvalue weighted by Gasteiger charge is 2.12. The number of unbranched alkanes of at least 4 members (excludes halogenated alkanes) is 4. The van der Waals surface area contributed by atoms with E-state index >= 15 is 0 Å². The molecule has 0 aromatic heterocycles. The van der Waals surface area contributed by atoms with Crippen LogP contribution in [0.2, 0.25) is 0 Å². The molecule has 2 N–H and O–H groups in total. The third-order valence-electron chi connectivity index (χ3n) is 5.98. The van der Waals surface area contributed by atoms with Gasteiger partial charge in [-0.05, 0) is 37.7 Å². The van der Waals surface area contributed by atoms with Crippen LogP contribution in [0.5, 0.6) is 0 Å². The molecule has 1 saturated carbocycles. The van der Waals surface area contributed by atoms with Crippen LogP contribution < -0.4 is 5.32 Å². The summed E-state index contributed by atoms with van der Waals surface area (Å²) in [5.41, 5.74) is 1.50. The molecular formula is C30H52N2O7. The molecule has 0 atom stereocenters. The molecular weight excluding hydrogens is 500 g/mol. The topological polar surface area (TPSA) is 128 Å². The molecule has 2 rings (SSSR count). The summed E-state index contributed by atoms with van der Waals surface area (Å²) in [7, 11) is 1.00. The van der Waals surface area contributed by atoms with Crippen molar-refractivity contribution in [3.8, 4) is 0 Å². The number of esters is 1. The van der Waals surface area contributed by atoms with E-state index in [1.54, 1.807) is 0 Å². The summed E-state index contributed by atoms with van der Waals surface area (Å²) in [6, 6.07) is 10.9. The van der Waals surface area contributed by atoms with Gasteiger partial charge in [0, 0.05) is 7.11 Å². The maximum Gasteiger partial charge on any atom is 0.325 e. The summed E-state index contributed by atoms with van der Waals surface area (Å²) in [5, 5.41) is 17.7. The summed E-state index contributed by atoms with van der Waals surface area (Å²) in [5.74, 6) is 0.388. The molecule has 224 valence electrons. The van der Waals surface area contributed by atoms with Crippen molar-refractivity contribution in [3.63, 3.8) is 0 Å². The van der Waals surface area contributed by atoms with Gasteiger partial charge in [0.2, 0.25) is 6.41 Å². The molecule has 1 amide bonds. The first-order valence-electron chi connectivity index (χ1n) is 14.2. The van der Waals surface area contributed by atoms with E-state index in [0.29, 0.717) is 6.41 Å². The molecule has 0 aliphatic heterocycles. The lowest BCUT2D eigenvalue weighted by Crippen LogP contribution is -2.24. The van der Waals surface area contributed by atoms with Gasteiger partial charge in [0.05, 0.1) is 0 Å². The van der Waals surface area contributed by atoms with Crippen LogP contribution in [-0.2, 0) is 25.6 Å². The summed E-state index contributed by atoms with van der Waals surface area (Å²) < 4.78 is 4.40. The van der Waals surface area contributed by atoms with Gasteiger partial charge in [-0.3, -0.25) is 9.59 Å². The number of ether oxygens (including phenoxy) is 1. The van der Waals surface area contributed by atoms with Crippen LogP contribution in [0.3, 0.4) is 0 Å². The maximum absolute atomic E-state index is 10.6. The summed E-state index contributed by atoms with van der Waals surface area (Å²) in [6.07, 6.45) is 23.1. The molecule has 0 bridgehead atoms. The van der Waals surface area contributed by atoms with Crippen LogP contribution in [0.25, 0.3) is 0 Å². The molecule has 0 heterocycles. The number of amides is 1. The zero-order valence-corrected chi connectivity index (χ0v) is 24.4. The molecule has 1 fully saturated rings. The average molecular weight is 553 g/mol. The average Bonchev–Trinajstić information content (AvgIpc) is 2.97. The lowest BCUT2D eigenvalue weighted by Gasteiger charge is -2.21. The van der Waals surface area contributed by atoms with Gasteiger partial charge in [0.25, 0.3) is 5.09 Å². The van der Waals surface area contributed by atoms with Crippen LogP contribution in [0.15, 0.2) is 42.5 Å². The molecule has 1 aromatic rings. The number of aliphatic hydroxyl groups excluding tert-OH is 1. The van der Waals surface area contributed by atoms with E-state index in [9.17, 15) is 19.7 Å². The van der Waals surface area contributed by atoms with E-state index in [4.69, 9.17) is 5.11 Å². The van der Waals surface area contributed by atoms with Crippen LogP contribution >= 0.6 is 0 Å². The minimum Gasteiger partial charge on any atom is -0.462 e. The Morgan fingerprint density at radius 2 is 1.77 bits per heavy atom. The molecule has 39 heavy (non-hydrogen) atoms. The molecule has 1 aromatic carbocycles. The fraction of sp³-hybridized carbons (Fsp3) is 0.667. The van der Waals surface area contributed by atoms with E-state index in [1.807, 2.05) is 0 Å². The predicted octanol–water partition coefficient (Wildman–Crippen LogP) is 6.21. The van der Waals surface area contributed by atoms with Crippen LogP contribution in [0, 0.1) is 16.0 Å². The van der Waals surface area contributed by atoms with Crippen LogP contribution in [-0.4, -0.2) is 49.4 Å². The fourth-order valence-corrected chi connectivity index (χ4v) is 3.99. The maximum atomic E-state index is 10.6. The number of carbonyl (C=O) groups is 2. The van der Waals surface area contributed by atoms with Gasteiger partial charge >= 0.3 is 5.97 Å². The molecule has 1 aliphatic carbocycles. The number of carbonyl (C=O) groups excluding carboxylic acids is 2. The van der Waals surface area contributed by atoms with Crippen molar-refractivity contribution in [2.75, 3.05) is 26.9 Å². The first-order chi connectivity index (χ1) is 19.0. The normalized spacial score (nSPS) is 12.4. The van der Waals surface area contributed by atoms with Gasteiger partial charge in [-0.15, -0.1) is 10.1 Å². The highest BCUT2D eigenvalue weighted by Crippen LogP contribution is 2.28. The second-order valence-electron chi connectivity index (χ2n) is 9.08. The minimum absolute atomic E-state index is 0.222. The lowest BCUT2D eigenvalue weighted by atomic mass is 9.85. The molecule has 9 nitrogen and oxygen atoms in total.